The van der Waals surface area contributed by atoms with Crippen LogP contribution in [0.25, 0.3) is 6.08 Å². The van der Waals surface area contributed by atoms with E-state index >= 15 is 0 Å². The predicted octanol–water partition coefficient (Wildman–Crippen LogP) is 3.83. The highest BCUT2D eigenvalue weighted by atomic mass is 32.1. The van der Waals surface area contributed by atoms with Gasteiger partial charge >= 0.3 is 5.97 Å². The molecule has 1 unspecified atom stereocenters. The fourth-order valence-electron chi connectivity index (χ4n) is 4.87. The SMILES string of the molecule is CCOc1ccccc1NC(=O)COc1ccc(C=c2sc3n(c2=O)C(c2ccccc2)C(C(=O)OC)=C(C)N=3)cc1OC. The molecule has 0 radical (unpaired) electrons. The van der Waals surface area contributed by atoms with E-state index in [1.54, 1.807) is 49.4 Å². The first-order valence-corrected chi connectivity index (χ1v) is 14.6. The molecule has 0 aliphatic carbocycles. The van der Waals surface area contributed by atoms with Crippen molar-refractivity contribution in [2.45, 2.75) is 19.9 Å². The van der Waals surface area contributed by atoms with Crippen LogP contribution in [0.2, 0.25) is 0 Å². The first-order chi connectivity index (χ1) is 21.3. The van der Waals surface area contributed by atoms with Gasteiger partial charge in [0.05, 0.1) is 48.4 Å². The van der Waals surface area contributed by atoms with Crippen LogP contribution in [0.1, 0.15) is 31.0 Å². The molecular formula is C33H31N3O7S. The number of allylic oxidation sites excluding steroid dienone is 1. The molecule has 0 fully saturated rings. The number of rotatable bonds is 10. The van der Waals surface area contributed by atoms with Gasteiger partial charge in [-0.3, -0.25) is 14.2 Å². The second-order valence-electron chi connectivity index (χ2n) is 9.66. The first-order valence-electron chi connectivity index (χ1n) is 13.8. The zero-order valence-electron chi connectivity index (χ0n) is 24.7. The number of anilines is 1. The van der Waals surface area contributed by atoms with Crippen LogP contribution < -0.4 is 34.4 Å². The summed E-state index contributed by atoms with van der Waals surface area (Å²) in [4.78, 5) is 44.2. The highest BCUT2D eigenvalue weighted by Crippen LogP contribution is 2.31. The number of esters is 1. The van der Waals surface area contributed by atoms with E-state index < -0.39 is 12.0 Å². The Morgan fingerprint density at radius 1 is 0.977 bits per heavy atom. The second kappa shape index (κ2) is 13.4. The van der Waals surface area contributed by atoms with Crippen molar-refractivity contribution in [2.24, 2.45) is 4.99 Å². The Kier molecular flexibility index (Phi) is 9.25. The van der Waals surface area contributed by atoms with Gasteiger partial charge in [0.1, 0.15) is 5.75 Å². The maximum absolute atomic E-state index is 13.8. The third-order valence-corrected chi connectivity index (χ3v) is 7.83. The molecule has 1 amide bonds. The summed E-state index contributed by atoms with van der Waals surface area (Å²) in [5, 5.41) is 2.80. The Balaban J connectivity index is 1.42. The highest BCUT2D eigenvalue weighted by Gasteiger charge is 2.32. The van der Waals surface area contributed by atoms with Gasteiger partial charge in [-0.1, -0.05) is 59.9 Å². The molecular weight excluding hydrogens is 582 g/mol. The lowest BCUT2D eigenvalue weighted by Gasteiger charge is -2.24. The minimum Gasteiger partial charge on any atom is -0.493 e. The molecule has 1 atom stereocenters. The van der Waals surface area contributed by atoms with Crippen molar-refractivity contribution >= 4 is 35.0 Å². The van der Waals surface area contributed by atoms with Crippen LogP contribution in [0.3, 0.4) is 0 Å². The van der Waals surface area contributed by atoms with E-state index in [0.717, 1.165) is 5.56 Å². The van der Waals surface area contributed by atoms with Gasteiger partial charge in [0.2, 0.25) is 0 Å². The van der Waals surface area contributed by atoms with Gasteiger partial charge in [0.25, 0.3) is 11.5 Å². The number of hydrogen-bond acceptors (Lipinski definition) is 9. The van der Waals surface area contributed by atoms with Crippen molar-refractivity contribution < 1.29 is 28.5 Å². The number of fused-ring (bicyclic) bond motifs is 1. The number of carbonyl (C=O) groups is 2. The van der Waals surface area contributed by atoms with Crippen molar-refractivity contribution in [3.8, 4) is 17.2 Å². The number of benzene rings is 3. The maximum Gasteiger partial charge on any atom is 0.338 e. The lowest BCUT2D eigenvalue weighted by atomic mass is 9.96. The van der Waals surface area contributed by atoms with Gasteiger partial charge in [0, 0.05) is 0 Å². The molecule has 10 nitrogen and oxygen atoms in total. The van der Waals surface area contributed by atoms with E-state index in [9.17, 15) is 14.4 Å². The van der Waals surface area contributed by atoms with E-state index in [1.807, 2.05) is 43.3 Å². The third-order valence-electron chi connectivity index (χ3n) is 6.85. The first kappa shape index (κ1) is 30.3. The zero-order chi connectivity index (χ0) is 31.2. The summed E-state index contributed by atoms with van der Waals surface area (Å²) in [6.45, 7) is 3.82. The van der Waals surface area contributed by atoms with E-state index in [2.05, 4.69) is 10.3 Å². The number of amides is 1. The van der Waals surface area contributed by atoms with E-state index in [4.69, 9.17) is 18.9 Å². The summed E-state index contributed by atoms with van der Waals surface area (Å²) in [7, 11) is 2.81. The van der Waals surface area contributed by atoms with Crippen molar-refractivity contribution in [3.63, 3.8) is 0 Å². The number of ether oxygens (including phenoxy) is 4. The molecule has 2 heterocycles. The number of carbonyl (C=O) groups excluding carboxylic acids is 2. The summed E-state index contributed by atoms with van der Waals surface area (Å²) in [6.07, 6.45) is 1.73. The standard InChI is InChI=1S/C33H31N3O7S/c1-5-42-24-14-10-9-13-23(24)35-28(37)19-43-25-16-15-21(17-26(25)40-3)18-27-31(38)36-30(22-11-7-6-8-12-22)29(32(39)41-4)20(2)34-33(36)44-27/h6-18,30H,5,19H2,1-4H3,(H,35,37). The van der Waals surface area contributed by atoms with Gasteiger partial charge in [-0.15, -0.1) is 0 Å². The minimum atomic E-state index is -0.681. The van der Waals surface area contributed by atoms with Gasteiger partial charge in [-0.2, -0.15) is 0 Å². The van der Waals surface area contributed by atoms with Gasteiger partial charge < -0.3 is 24.3 Å². The Hall–Kier alpha value is -5.16. The van der Waals surface area contributed by atoms with Gasteiger partial charge in [-0.25, -0.2) is 9.79 Å². The largest absolute Gasteiger partial charge is 0.493 e. The molecule has 0 spiro atoms. The van der Waals surface area contributed by atoms with Crippen LogP contribution in [0.4, 0.5) is 5.69 Å². The van der Waals surface area contributed by atoms with Crippen LogP contribution in [-0.4, -0.2) is 43.9 Å². The molecule has 0 saturated carbocycles. The van der Waals surface area contributed by atoms with Crippen LogP contribution in [0.5, 0.6) is 17.2 Å². The number of thiazole rings is 1. The monoisotopic (exact) mass is 613 g/mol. The van der Waals surface area contributed by atoms with Crippen molar-refractivity contribution in [1.29, 1.82) is 0 Å². The summed E-state index contributed by atoms with van der Waals surface area (Å²) < 4.78 is 23.8. The van der Waals surface area contributed by atoms with Crippen molar-refractivity contribution in [2.75, 3.05) is 32.8 Å². The molecule has 1 aromatic heterocycles. The Bertz CT molecular complexity index is 1910. The number of methoxy groups -OCH3 is 2. The average Bonchev–Trinajstić information content (AvgIpc) is 3.34. The molecule has 0 saturated heterocycles. The van der Waals surface area contributed by atoms with Crippen LogP contribution in [-0.2, 0) is 14.3 Å². The Morgan fingerprint density at radius 2 is 1.73 bits per heavy atom. The molecule has 1 N–H and O–H groups in total. The summed E-state index contributed by atoms with van der Waals surface area (Å²) in [5.74, 6) is 0.421. The molecule has 1 aliphatic heterocycles. The number of nitrogens with one attached hydrogen (secondary N) is 1. The predicted molar refractivity (Wildman–Crippen MR) is 167 cm³/mol. The highest BCUT2D eigenvalue weighted by molar-refractivity contribution is 7.07. The zero-order valence-corrected chi connectivity index (χ0v) is 25.5. The van der Waals surface area contributed by atoms with Crippen LogP contribution in [0.15, 0.2) is 93.9 Å². The quantitative estimate of drug-likeness (QED) is 0.270. The number of nitrogens with zero attached hydrogens (tertiary/aromatic N) is 2. The fraction of sp³-hybridized carbons (Fsp3) is 0.212. The van der Waals surface area contributed by atoms with E-state index in [0.29, 0.717) is 55.7 Å². The number of hydrogen-bond donors (Lipinski definition) is 1. The Labute approximate surface area is 257 Å². The minimum absolute atomic E-state index is 0.254. The molecule has 11 heteroatoms. The molecule has 1 aliphatic rings. The molecule has 44 heavy (non-hydrogen) atoms. The molecule has 226 valence electrons. The van der Waals surface area contributed by atoms with Crippen LogP contribution >= 0.6 is 11.3 Å². The Morgan fingerprint density at radius 3 is 2.45 bits per heavy atom. The lowest BCUT2D eigenvalue weighted by Crippen LogP contribution is -2.39. The second-order valence-corrected chi connectivity index (χ2v) is 10.7. The van der Waals surface area contributed by atoms with Crippen molar-refractivity contribution in [1.82, 2.24) is 4.57 Å². The maximum atomic E-state index is 13.8. The smallest absolute Gasteiger partial charge is 0.338 e. The van der Waals surface area contributed by atoms with Gasteiger partial charge in [-0.05, 0) is 55.3 Å². The molecule has 0 bridgehead atoms. The number of aromatic nitrogens is 1. The fourth-order valence-corrected chi connectivity index (χ4v) is 5.92. The summed E-state index contributed by atoms with van der Waals surface area (Å²) in [5.41, 5.74) is 2.51. The van der Waals surface area contributed by atoms with Gasteiger partial charge in [0.15, 0.2) is 22.9 Å². The average molecular weight is 614 g/mol. The van der Waals surface area contributed by atoms with E-state index in [-0.39, 0.29) is 18.1 Å². The van der Waals surface area contributed by atoms with Crippen molar-refractivity contribution in [3.05, 3.63) is 115 Å². The molecule has 3 aromatic carbocycles. The topological polar surface area (TPSA) is 117 Å². The number of para-hydroxylation sites is 2. The summed E-state index contributed by atoms with van der Waals surface area (Å²) in [6, 6.07) is 21.0. The molecule has 4 aromatic rings. The van der Waals surface area contributed by atoms with Crippen LogP contribution in [0, 0.1) is 0 Å². The third kappa shape index (κ3) is 6.28. The van der Waals surface area contributed by atoms with E-state index in [1.165, 1.54) is 30.1 Å². The normalized spacial score (nSPS) is 14.4. The molecule has 5 rings (SSSR count). The summed E-state index contributed by atoms with van der Waals surface area (Å²) >= 11 is 1.22. The lowest BCUT2D eigenvalue weighted by molar-refractivity contribution is -0.136.